The van der Waals surface area contributed by atoms with Gasteiger partial charge in [-0.25, -0.2) is 9.97 Å². The summed E-state index contributed by atoms with van der Waals surface area (Å²) in [6.07, 6.45) is 6.45. The molecule has 1 heterocycles. The summed E-state index contributed by atoms with van der Waals surface area (Å²) >= 11 is 0. The molecule has 5 nitrogen and oxygen atoms in total. The molecule has 0 amide bonds. The second-order valence-corrected chi connectivity index (χ2v) is 5.43. The molecule has 0 saturated heterocycles. The zero-order valence-corrected chi connectivity index (χ0v) is 11.6. The van der Waals surface area contributed by atoms with Crippen molar-refractivity contribution in [3.63, 3.8) is 0 Å². The molecule has 104 valence electrons. The lowest BCUT2D eigenvalue weighted by molar-refractivity contribution is -0.147. The van der Waals surface area contributed by atoms with Gasteiger partial charge in [-0.15, -0.1) is 0 Å². The zero-order chi connectivity index (χ0) is 13.9. The molecule has 0 spiro atoms. The quantitative estimate of drug-likeness (QED) is 0.852. The van der Waals surface area contributed by atoms with Gasteiger partial charge in [0.1, 0.15) is 12.1 Å². The Labute approximate surface area is 113 Å². The fraction of sp³-hybridized carbons (Fsp3) is 0.643. The smallest absolute Gasteiger partial charge is 0.311 e. The molecule has 0 fully saturated rings. The van der Waals surface area contributed by atoms with E-state index in [1.54, 1.807) is 13.3 Å². The summed E-state index contributed by atoms with van der Waals surface area (Å²) in [7, 11) is 0. The van der Waals surface area contributed by atoms with Gasteiger partial charge in [-0.3, -0.25) is 4.79 Å². The Bertz CT molecular complexity index is 476. The van der Waals surface area contributed by atoms with E-state index < -0.39 is 11.4 Å². The summed E-state index contributed by atoms with van der Waals surface area (Å²) in [6.45, 7) is 4.05. The lowest BCUT2D eigenvalue weighted by Crippen LogP contribution is -2.34. The topological polar surface area (TPSA) is 75.1 Å². The van der Waals surface area contributed by atoms with Gasteiger partial charge in [0.15, 0.2) is 0 Å². The molecule has 0 aromatic carbocycles. The Kier molecular flexibility index (Phi) is 4.02. The van der Waals surface area contributed by atoms with Crippen LogP contribution in [0.3, 0.4) is 0 Å². The van der Waals surface area contributed by atoms with Crippen LogP contribution in [0.25, 0.3) is 0 Å². The van der Waals surface area contributed by atoms with Crippen molar-refractivity contribution in [2.24, 2.45) is 5.41 Å². The predicted octanol–water partition coefficient (Wildman–Crippen LogP) is 2.27. The first kappa shape index (κ1) is 13.8. The van der Waals surface area contributed by atoms with Gasteiger partial charge in [-0.1, -0.05) is 6.92 Å². The third-order valence-corrected chi connectivity index (χ3v) is 4.07. The van der Waals surface area contributed by atoms with Crippen molar-refractivity contribution in [3.05, 3.63) is 17.6 Å². The van der Waals surface area contributed by atoms with Gasteiger partial charge < -0.3 is 10.4 Å². The summed E-state index contributed by atoms with van der Waals surface area (Å²) < 4.78 is 0. The minimum absolute atomic E-state index is 0.391. The molecule has 0 radical (unpaired) electrons. The standard InChI is InChI=1S/C14H21N3O2/c1-3-14(2,13(18)19)8-15-12-10-6-4-5-7-11(10)16-9-17-12/h9H,3-8H2,1-2H3,(H,18,19)(H,15,16,17). The van der Waals surface area contributed by atoms with Gasteiger partial charge in [0.05, 0.1) is 5.41 Å². The monoisotopic (exact) mass is 263 g/mol. The average molecular weight is 263 g/mol. The minimum Gasteiger partial charge on any atom is -0.481 e. The highest BCUT2D eigenvalue weighted by Crippen LogP contribution is 2.27. The van der Waals surface area contributed by atoms with Crippen LogP contribution in [-0.4, -0.2) is 27.6 Å². The molecule has 0 saturated carbocycles. The molecule has 2 N–H and O–H groups in total. The lowest BCUT2D eigenvalue weighted by atomic mass is 9.87. The molecule has 19 heavy (non-hydrogen) atoms. The number of hydrogen-bond acceptors (Lipinski definition) is 4. The summed E-state index contributed by atoms with van der Waals surface area (Å²) in [6, 6.07) is 0. The van der Waals surface area contributed by atoms with Crippen molar-refractivity contribution in [2.75, 3.05) is 11.9 Å². The Morgan fingerprint density at radius 3 is 2.84 bits per heavy atom. The maximum absolute atomic E-state index is 11.3. The maximum atomic E-state index is 11.3. The van der Waals surface area contributed by atoms with Crippen LogP contribution >= 0.6 is 0 Å². The van der Waals surface area contributed by atoms with Crippen LogP contribution in [0.2, 0.25) is 0 Å². The minimum atomic E-state index is -0.773. The highest BCUT2D eigenvalue weighted by molar-refractivity contribution is 5.75. The Morgan fingerprint density at radius 2 is 2.16 bits per heavy atom. The third-order valence-electron chi connectivity index (χ3n) is 4.07. The molecular formula is C14H21N3O2. The molecule has 5 heteroatoms. The number of aryl methyl sites for hydroxylation is 1. The van der Waals surface area contributed by atoms with Crippen molar-refractivity contribution in [1.82, 2.24) is 9.97 Å². The van der Waals surface area contributed by atoms with E-state index in [9.17, 15) is 9.90 Å². The second kappa shape index (κ2) is 5.55. The van der Waals surface area contributed by atoms with Gasteiger partial charge in [0.25, 0.3) is 0 Å². The Hall–Kier alpha value is -1.65. The van der Waals surface area contributed by atoms with Crippen molar-refractivity contribution < 1.29 is 9.90 Å². The number of nitrogens with zero attached hydrogens (tertiary/aromatic N) is 2. The number of rotatable bonds is 5. The fourth-order valence-electron chi connectivity index (χ4n) is 2.30. The van der Waals surface area contributed by atoms with E-state index in [-0.39, 0.29) is 0 Å². The van der Waals surface area contributed by atoms with Gasteiger partial charge in [-0.05, 0) is 39.0 Å². The van der Waals surface area contributed by atoms with Gasteiger partial charge in [0, 0.05) is 17.8 Å². The van der Waals surface area contributed by atoms with Gasteiger partial charge in [-0.2, -0.15) is 0 Å². The third kappa shape index (κ3) is 2.85. The number of carboxylic acid groups (broad SMARTS) is 1. The SMILES string of the molecule is CCC(C)(CNc1ncnc2c1CCCC2)C(=O)O. The van der Waals surface area contributed by atoms with Gasteiger partial charge >= 0.3 is 5.97 Å². The van der Waals surface area contributed by atoms with E-state index in [0.717, 1.165) is 36.3 Å². The van der Waals surface area contributed by atoms with E-state index in [1.807, 2.05) is 6.92 Å². The predicted molar refractivity (Wildman–Crippen MR) is 73.2 cm³/mol. The van der Waals surface area contributed by atoms with E-state index in [1.165, 1.54) is 6.42 Å². The van der Waals surface area contributed by atoms with E-state index in [0.29, 0.717) is 13.0 Å². The van der Waals surface area contributed by atoms with Crippen molar-refractivity contribution in [3.8, 4) is 0 Å². The summed E-state index contributed by atoms with van der Waals surface area (Å²) in [5, 5.41) is 12.5. The second-order valence-electron chi connectivity index (χ2n) is 5.43. The van der Waals surface area contributed by atoms with E-state index in [4.69, 9.17) is 0 Å². The highest BCUT2D eigenvalue weighted by Gasteiger charge is 2.31. The van der Waals surface area contributed by atoms with Gasteiger partial charge in [0.2, 0.25) is 0 Å². The molecule has 1 aliphatic carbocycles. The van der Waals surface area contributed by atoms with Crippen LogP contribution in [0.15, 0.2) is 6.33 Å². The molecule has 2 rings (SSSR count). The van der Waals surface area contributed by atoms with Crippen LogP contribution in [0.5, 0.6) is 0 Å². The number of aromatic nitrogens is 2. The summed E-state index contributed by atoms with van der Waals surface area (Å²) in [4.78, 5) is 19.9. The van der Waals surface area contributed by atoms with Crippen LogP contribution in [0.4, 0.5) is 5.82 Å². The molecule has 1 atom stereocenters. The largest absolute Gasteiger partial charge is 0.481 e. The van der Waals surface area contributed by atoms with Crippen LogP contribution < -0.4 is 5.32 Å². The van der Waals surface area contributed by atoms with Crippen LogP contribution in [0, 0.1) is 5.41 Å². The number of carboxylic acids is 1. The first-order chi connectivity index (χ1) is 9.07. The van der Waals surface area contributed by atoms with E-state index in [2.05, 4.69) is 15.3 Å². The first-order valence-corrected chi connectivity index (χ1v) is 6.87. The molecule has 1 aromatic heterocycles. The molecule has 1 unspecified atom stereocenters. The normalized spacial score (nSPS) is 17.4. The summed E-state index contributed by atoms with van der Waals surface area (Å²) in [5.74, 6) is 0.0380. The molecule has 1 aromatic rings. The molecular weight excluding hydrogens is 242 g/mol. The lowest BCUT2D eigenvalue weighted by Gasteiger charge is -2.25. The number of aliphatic carboxylic acids is 1. The number of nitrogens with one attached hydrogen (secondary N) is 1. The van der Waals surface area contributed by atoms with Crippen LogP contribution in [-0.2, 0) is 17.6 Å². The van der Waals surface area contributed by atoms with E-state index >= 15 is 0 Å². The Balaban J connectivity index is 2.14. The zero-order valence-electron chi connectivity index (χ0n) is 11.6. The van der Waals surface area contributed by atoms with Crippen molar-refractivity contribution in [1.29, 1.82) is 0 Å². The molecule has 0 aliphatic heterocycles. The number of carbonyl (C=O) groups is 1. The van der Waals surface area contributed by atoms with Crippen molar-refractivity contribution in [2.45, 2.75) is 46.0 Å². The highest BCUT2D eigenvalue weighted by atomic mass is 16.4. The maximum Gasteiger partial charge on any atom is 0.311 e. The molecule has 0 bridgehead atoms. The summed E-state index contributed by atoms with van der Waals surface area (Å²) in [5.41, 5.74) is 1.52. The fourth-order valence-corrected chi connectivity index (χ4v) is 2.30. The van der Waals surface area contributed by atoms with Crippen molar-refractivity contribution >= 4 is 11.8 Å². The Morgan fingerprint density at radius 1 is 1.42 bits per heavy atom. The first-order valence-electron chi connectivity index (χ1n) is 6.87. The van der Waals surface area contributed by atoms with Crippen LogP contribution in [0.1, 0.15) is 44.4 Å². The number of fused-ring (bicyclic) bond motifs is 1. The molecule has 1 aliphatic rings. The number of anilines is 1. The number of hydrogen-bond donors (Lipinski definition) is 2. The average Bonchev–Trinajstić information content (AvgIpc) is 2.44.